The van der Waals surface area contributed by atoms with Gasteiger partial charge in [0, 0.05) is 18.2 Å². The van der Waals surface area contributed by atoms with Crippen LogP contribution in [0.25, 0.3) is 0 Å². The Labute approximate surface area is 133 Å². The molecule has 0 heterocycles. The molecule has 2 aromatic rings. The SMILES string of the molecule is CC(=O)Nc1ccc(Oc2ccccc2C=NN=C(N)N)cc1. The zero-order valence-electron chi connectivity index (χ0n) is 12.6. The summed E-state index contributed by atoms with van der Waals surface area (Å²) in [4.78, 5) is 11.0. The van der Waals surface area contributed by atoms with Gasteiger partial charge in [-0.05, 0) is 36.4 Å². The predicted molar refractivity (Wildman–Crippen MR) is 90.7 cm³/mol. The Hall–Kier alpha value is -3.35. The first-order chi connectivity index (χ1) is 11.0. The lowest BCUT2D eigenvalue weighted by Crippen LogP contribution is -2.21. The second-order valence-corrected chi connectivity index (χ2v) is 4.61. The maximum absolute atomic E-state index is 11.0. The van der Waals surface area contributed by atoms with Crippen LogP contribution in [-0.4, -0.2) is 18.1 Å². The molecule has 0 saturated carbocycles. The van der Waals surface area contributed by atoms with E-state index in [2.05, 4.69) is 15.5 Å². The van der Waals surface area contributed by atoms with Crippen LogP contribution in [0, 0.1) is 0 Å². The number of nitrogens with zero attached hydrogens (tertiary/aromatic N) is 2. The molecule has 0 unspecified atom stereocenters. The van der Waals surface area contributed by atoms with E-state index < -0.39 is 0 Å². The molecule has 0 aliphatic carbocycles. The summed E-state index contributed by atoms with van der Waals surface area (Å²) in [6.45, 7) is 1.45. The van der Waals surface area contributed by atoms with Gasteiger partial charge in [0.25, 0.3) is 0 Å². The van der Waals surface area contributed by atoms with Gasteiger partial charge in [0.15, 0.2) is 0 Å². The fraction of sp³-hybridized carbons (Fsp3) is 0.0625. The molecule has 0 bridgehead atoms. The molecule has 0 aliphatic rings. The second-order valence-electron chi connectivity index (χ2n) is 4.61. The minimum absolute atomic E-state index is 0.117. The van der Waals surface area contributed by atoms with E-state index in [9.17, 15) is 4.79 Å². The first-order valence-corrected chi connectivity index (χ1v) is 6.81. The van der Waals surface area contributed by atoms with Crippen LogP contribution < -0.4 is 21.5 Å². The van der Waals surface area contributed by atoms with E-state index in [1.807, 2.05) is 18.2 Å². The van der Waals surface area contributed by atoms with Crippen LogP contribution >= 0.6 is 0 Å². The van der Waals surface area contributed by atoms with Crippen LogP contribution in [0.2, 0.25) is 0 Å². The van der Waals surface area contributed by atoms with Crippen LogP contribution in [0.4, 0.5) is 5.69 Å². The number of benzene rings is 2. The number of carbonyl (C=O) groups excluding carboxylic acids is 1. The number of ether oxygens (including phenoxy) is 1. The lowest BCUT2D eigenvalue weighted by atomic mass is 10.2. The Balaban J connectivity index is 2.15. The van der Waals surface area contributed by atoms with E-state index in [-0.39, 0.29) is 11.9 Å². The van der Waals surface area contributed by atoms with Gasteiger partial charge in [-0.2, -0.15) is 5.10 Å². The monoisotopic (exact) mass is 311 g/mol. The van der Waals surface area contributed by atoms with Crippen LogP contribution in [-0.2, 0) is 4.79 Å². The first-order valence-electron chi connectivity index (χ1n) is 6.81. The van der Waals surface area contributed by atoms with Crippen molar-refractivity contribution < 1.29 is 9.53 Å². The van der Waals surface area contributed by atoms with Gasteiger partial charge < -0.3 is 21.5 Å². The quantitative estimate of drug-likeness (QED) is 0.445. The zero-order valence-corrected chi connectivity index (χ0v) is 12.6. The molecule has 0 atom stereocenters. The fourth-order valence-corrected chi connectivity index (χ4v) is 1.77. The van der Waals surface area contributed by atoms with Gasteiger partial charge in [-0.1, -0.05) is 12.1 Å². The topological polar surface area (TPSA) is 115 Å². The summed E-state index contributed by atoms with van der Waals surface area (Å²) in [5.41, 5.74) is 11.9. The lowest BCUT2D eigenvalue weighted by Gasteiger charge is -2.09. The van der Waals surface area contributed by atoms with E-state index in [1.54, 1.807) is 30.3 Å². The number of carbonyl (C=O) groups is 1. The van der Waals surface area contributed by atoms with Crippen LogP contribution in [0.5, 0.6) is 11.5 Å². The molecule has 7 heteroatoms. The summed E-state index contributed by atoms with van der Waals surface area (Å²) in [6.07, 6.45) is 1.50. The van der Waals surface area contributed by atoms with Crippen LogP contribution in [0.15, 0.2) is 58.7 Å². The van der Waals surface area contributed by atoms with Crippen molar-refractivity contribution in [1.82, 2.24) is 0 Å². The number of hydrogen-bond acceptors (Lipinski definition) is 4. The molecule has 0 spiro atoms. The summed E-state index contributed by atoms with van der Waals surface area (Å²) in [7, 11) is 0. The fourth-order valence-electron chi connectivity index (χ4n) is 1.77. The normalized spacial score (nSPS) is 10.3. The molecule has 2 aromatic carbocycles. The van der Waals surface area contributed by atoms with E-state index >= 15 is 0 Å². The number of para-hydroxylation sites is 1. The lowest BCUT2D eigenvalue weighted by molar-refractivity contribution is -0.114. The summed E-state index contributed by atoms with van der Waals surface area (Å²) < 4.78 is 5.81. The van der Waals surface area contributed by atoms with Crippen molar-refractivity contribution in [3.8, 4) is 11.5 Å². The van der Waals surface area contributed by atoms with Gasteiger partial charge in [0.1, 0.15) is 11.5 Å². The number of rotatable bonds is 5. The number of nitrogens with two attached hydrogens (primary N) is 2. The minimum Gasteiger partial charge on any atom is -0.457 e. The van der Waals surface area contributed by atoms with Gasteiger partial charge in [-0.25, -0.2) is 0 Å². The largest absolute Gasteiger partial charge is 0.457 e. The third kappa shape index (κ3) is 5.16. The molecule has 1 amide bonds. The Morgan fingerprint density at radius 1 is 1.13 bits per heavy atom. The summed E-state index contributed by atoms with van der Waals surface area (Å²) in [5.74, 6) is 0.990. The molecule has 118 valence electrons. The van der Waals surface area contributed by atoms with Crippen molar-refractivity contribution in [3.63, 3.8) is 0 Å². The third-order valence-corrected chi connectivity index (χ3v) is 2.69. The molecular weight excluding hydrogens is 294 g/mol. The van der Waals surface area contributed by atoms with Gasteiger partial charge in [0.05, 0.1) is 6.21 Å². The summed E-state index contributed by atoms with van der Waals surface area (Å²) in [6, 6.07) is 14.4. The number of hydrogen-bond donors (Lipinski definition) is 3. The van der Waals surface area contributed by atoms with Gasteiger partial charge >= 0.3 is 0 Å². The van der Waals surface area contributed by atoms with E-state index in [0.29, 0.717) is 17.2 Å². The highest BCUT2D eigenvalue weighted by Gasteiger charge is 2.03. The Morgan fingerprint density at radius 3 is 2.48 bits per heavy atom. The van der Waals surface area contributed by atoms with E-state index in [4.69, 9.17) is 16.2 Å². The molecule has 0 radical (unpaired) electrons. The van der Waals surface area contributed by atoms with Crippen LogP contribution in [0.3, 0.4) is 0 Å². The molecule has 2 rings (SSSR count). The number of anilines is 1. The highest BCUT2D eigenvalue weighted by Crippen LogP contribution is 2.25. The van der Waals surface area contributed by atoms with Gasteiger partial charge in [-0.15, -0.1) is 5.10 Å². The highest BCUT2D eigenvalue weighted by atomic mass is 16.5. The first kappa shape index (κ1) is 16.0. The standard InChI is InChI=1S/C16H17N5O2/c1-11(22)20-13-6-8-14(9-7-13)23-15-5-3-2-4-12(15)10-19-21-16(17)18/h2-10H,1H3,(H,20,22)(H4,17,18,21). The molecule has 0 aromatic heterocycles. The van der Waals surface area contributed by atoms with Crippen molar-refractivity contribution >= 4 is 23.8 Å². The van der Waals surface area contributed by atoms with Crippen molar-refractivity contribution in [2.45, 2.75) is 6.92 Å². The Bertz CT molecular complexity index is 734. The second kappa shape index (κ2) is 7.60. The molecular formula is C16H17N5O2. The summed E-state index contributed by atoms with van der Waals surface area (Å²) in [5, 5.41) is 10.0. The van der Waals surface area contributed by atoms with Crippen molar-refractivity contribution in [2.24, 2.45) is 21.7 Å². The minimum atomic E-state index is -0.125. The van der Waals surface area contributed by atoms with E-state index in [1.165, 1.54) is 13.1 Å². The van der Waals surface area contributed by atoms with Gasteiger partial charge in [-0.3, -0.25) is 4.79 Å². The van der Waals surface area contributed by atoms with Crippen molar-refractivity contribution in [1.29, 1.82) is 0 Å². The molecule has 0 aliphatic heterocycles. The maximum Gasteiger partial charge on any atom is 0.221 e. The molecule has 0 saturated heterocycles. The van der Waals surface area contributed by atoms with Crippen molar-refractivity contribution in [3.05, 3.63) is 54.1 Å². The predicted octanol–water partition coefficient (Wildman–Crippen LogP) is 2.04. The molecule has 5 N–H and O–H groups in total. The molecule has 23 heavy (non-hydrogen) atoms. The van der Waals surface area contributed by atoms with Crippen LogP contribution in [0.1, 0.15) is 12.5 Å². The zero-order chi connectivity index (χ0) is 16.7. The Kier molecular flexibility index (Phi) is 5.30. The highest BCUT2D eigenvalue weighted by molar-refractivity contribution is 5.88. The average molecular weight is 311 g/mol. The number of amides is 1. The average Bonchev–Trinajstić information content (AvgIpc) is 2.50. The maximum atomic E-state index is 11.0. The molecule has 7 nitrogen and oxygen atoms in total. The van der Waals surface area contributed by atoms with Gasteiger partial charge in [0.2, 0.25) is 11.9 Å². The third-order valence-electron chi connectivity index (χ3n) is 2.69. The number of nitrogens with one attached hydrogen (secondary N) is 1. The Morgan fingerprint density at radius 2 is 1.83 bits per heavy atom. The summed E-state index contributed by atoms with van der Waals surface area (Å²) >= 11 is 0. The van der Waals surface area contributed by atoms with Crippen molar-refractivity contribution in [2.75, 3.05) is 5.32 Å². The molecule has 0 fully saturated rings. The van der Waals surface area contributed by atoms with E-state index in [0.717, 1.165) is 5.56 Å². The smallest absolute Gasteiger partial charge is 0.221 e. The number of guanidine groups is 1.